The molecule has 1 aromatic heterocycles. The molecule has 2 fully saturated rings. The number of nitrogens with zero attached hydrogens (tertiary/aromatic N) is 4. The maximum Gasteiger partial charge on any atom is 0.392 e. The number of amides is 2. The Kier molecular flexibility index (Phi) is 7.71. The second-order valence-corrected chi connectivity index (χ2v) is 11.2. The molecule has 1 aromatic rings. The van der Waals surface area contributed by atoms with Crippen LogP contribution in [0, 0.1) is 17.3 Å². The highest BCUT2D eigenvalue weighted by Gasteiger charge is 2.49. The summed E-state index contributed by atoms with van der Waals surface area (Å²) in [6, 6.07) is -0.206. The van der Waals surface area contributed by atoms with Gasteiger partial charge in [-0.15, -0.1) is 0 Å². The first-order valence-electron chi connectivity index (χ1n) is 13.0. The van der Waals surface area contributed by atoms with Crippen molar-refractivity contribution in [1.29, 1.82) is 0 Å². The van der Waals surface area contributed by atoms with Crippen LogP contribution in [-0.4, -0.2) is 72.1 Å². The van der Waals surface area contributed by atoms with Crippen LogP contribution in [0.2, 0.25) is 0 Å². The Labute approximate surface area is 216 Å². The third kappa shape index (κ3) is 6.01. The van der Waals surface area contributed by atoms with E-state index >= 15 is 0 Å². The van der Waals surface area contributed by atoms with Crippen LogP contribution >= 0.6 is 0 Å². The molecule has 2 atom stereocenters. The van der Waals surface area contributed by atoms with E-state index in [4.69, 9.17) is 4.98 Å². The van der Waals surface area contributed by atoms with E-state index in [1.165, 1.54) is 6.08 Å². The van der Waals surface area contributed by atoms with Gasteiger partial charge in [-0.2, -0.15) is 18.2 Å². The largest absolute Gasteiger partial charge is 0.392 e. The summed E-state index contributed by atoms with van der Waals surface area (Å²) in [5, 5.41) is 6.07. The molecule has 3 aliphatic rings. The van der Waals surface area contributed by atoms with E-state index in [1.807, 2.05) is 4.90 Å². The predicted molar refractivity (Wildman–Crippen MR) is 135 cm³/mol. The molecule has 8 nitrogen and oxygen atoms in total. The lowest BCUT2D eigenvalue weighted by atomic mass is 9.79. The number of rotatable bonds is 8. The summed E-state index contributed by atoms with van der Waals surface area (Å²) >= 11 is 0. The van der Waals surface area contributed by atoms with Gasteiger partial charge in [0.25, 0.3) is 0 Å². The minimum Gasteiger partial charge on any atom is -0.366 e. The number of hydrogen-bond acceptors (Lipinski definition) is 6. The van der Waals surface area contributed by atoms with Crippen LogP contribution in [0.15, 0.2) is 12.7 Å². The fourth-order valence-electron chi connectivity index (χ4n) is 5.84. The second kappa shape index (κ2) is 10.5. The molecule has 0 saturated carbocycles. The molecule has 0 radical (unpaired) electrons. The number of halogens is 3. The van der Waals surface area contributed by atoms with Gasteiger partial charge in [0.05, 0.1) is 11.6 Å². The van der Waals surface area contributed by atoms with Gasteiger partial charge in [0.15, 0.2) is 0 Å². The first kappa shape index (κ1) is 27.2. The van der Waals surface area contributed by atoms with E-state index in [2.05, 4.69) is 36.0 Å². The van der Waals surface area contributed by atoms with Crippen molar-refractivity contribution in [2.75, 3.05) is 43.4 Å². The lowest BCUT2D eigenvalue weighted by Gasteiger charge is -2.47. The van der Waals surface area contributed by atoms with Crippen LogP contribution in [0.5, 0.6) is 0 Å². The van der Waals surface area contributed by atoms with Gasteiger partial charge in [-0.05, 0) is 37.7 Å². The Morgan fingerprint density at radius 3 is 2.59 bits per heavy atom. The minimum absolute atomic E-state index is 0.00181. The van der Waals surface area contributed by atoms with Crippen LogP contribution < -0.4 is 15.5 Å². The number of likely N-dealkylation sites (tertiary alicyclic amines) is 1. The van der Waals surface area contributed by atoms with Crippen LogP contribution in [0.25, 0.3) is 0 Å². The van der Waals surface area contributed by atoms with Gasteiger partial charge in [-0.3, -0.25) is 9.59 Å². The van der Waals surface area contributed by atoms with Crippen molar-refractivity contribution in [1.82, 2.24) is 20.2 Å². The third-order valence-electron chi connectivity index (χ3n) is 7.79. The zero-order valence-electron chi connectivity index (χ0n) is 21.8. The average molecular weight is 523 g/mol. The summed E-state index contributed by atoms with van der Waals surface area (Å²) in [4.78, 5) is 37.3. The molecule has 2 saturated heterocycles. The molecular weight excluding hydrogens is 485 g/mol. The van der Waals surface area contributed by atoms with Gasteiger partial charge in [0.1, 0.15) is 5.82 Å². The van der Waals surface area contributed by atoms with E-state index in [0.717, 1.165) is 12.0 Å². The smallest absolute Gasteiger partial charge is 0.366 e. The zero-order valence-corrected chi connectivity index (χ0v) is 21.8. The quantitative estimate of drug-likeness (QED) is 0.509. The topological polar surface area (TPSA) is 90.5 Å². The van der Waals surface area contributed by atoms with E-state index in [1.54, 1.807) is 11.9 Å². The standard InChI is InChI=1S/C26H37F3N6O2/c1-5-22(37)35-14-25(15-35)8-9-34(13-25)24-32-20-11-17(26(27,28)29)6-7-19(20)23(33-24)31-18(10-16(2)3)12-21(36)30-4/h5,16-18H,1,6-15H2,2-4H3,(H,30,36)(H,31,32,33)/t17?,18-/m0/s1. The summed E-state index contributed by atoms with van der Waals surface area (Å²) in [5.74, 6) is -0.365. The molecule has 2 aliphatic heterocycles. The van der Waals surface area contributed by atoms with Crippen molar-refractivity contribution in [3.63, 3.8) is 0 Å². The van der Waals surface area contributed by atoms with Crippen LogP contribution in [0.3, 0.4) is 0 Å². The number of anilines is 2. The Morgan fingerprint density at radius 2 is 1.97 bits per heavy atom. The summed E-state index contributed by atoms with van der Waals surface area (Å²) in [6.45, 7) is 10.2. The van der Waals surface area contributed by atoms with E-state index < -0.39 is 12.1 Å². The van der Waals surface area contributed by atoms with Crippen LogP contribution in [-0.2, 0) is 22.4 Å². The van der Waals surface area contributed by atoms with Crippen molar-refractivity contribution < 1.29 is 22.8 Å². The minimum atomic E-state index is -4.28. The van der Waals surface area contributed by atoms with Gasteiger partial charge in [0, 0.05) is 63.1 Å². The highest BCUT2D eigenvalue weighted by atomic mass is 19.4. The Hall–Kier alpha value is -2.85. The molecule has 1 aliphatic carbocycles. The molecule has 3 heterocycles. The molecular formula is C26H37F3N6O2. The highest BCUT2D eigenvalue weighted by molar-refractivity contribution is 5.87. The van der Waals surface area contributed by atoms with Gasteiger partial charge in [0.2, 0.25) is 17.8 Å². The summed E-state index contributed by atoms with van der Waals surface area (Å²) < 4.78 is 40.8. The number of aromatic nitrogens is 2. The number of nitrogens with one attached hydrogen (secondary N) is 2. The number of alkyl halides is 3. The first-order valence-corrected chi connectivity index (χ1v) is 13.0. The number of carbonyl (C=O) groups excluding carboxylic acids is 2. The third-order valence-corrected chi connectivity index (χ3v) is 7.79. The van der Waals surface area contributed by atoms with Gasteiger partial charge >= 0.3 is 6.18 Å². The van der Waals surface area contributed by atoms with Crippen LogP contribution in [0.4, 0.5) is 24.9 Å². The van der Waals surface area contributed by atoms with Crippen molar-refractivity contribution >= 4 is 23.6 Å². The van der Waals surface area contributed by atoms with Gasteiger partial charge < -0.3 is 20.4 Å². The summed E-state index contributed by atoms with van der Waals surface area (Å²) in [7, 11) is 1.59. The van der Waals surface area contributed by atoms with E-state index in [-0.39, 0.29) is 49.0 Å². The monoisotopic (exact) mass is 522 g/mol. The number of carbonyl (C=O) groups is 2. The SMILES string of the molecule is C=CC(=O)N1CC2(CCN(c3nc4c(c(N[C@H](CC(=O)NC)CC(C)C)n3)CCC(C(F)(F)F)C4)C2)C1. The molecule has 2 amide bonds. The van der Waals surface area contributed by atoms with Crippen LogP contribution in [0.1, 0.15) is 50.8 Å². The molecule has 4 rings (SSSR count). The fourth-order valence-corrected chi connectivity index (χ4v) is 5.84. The maximum atomic E-state index is 13.6. The highest BCUT2D eigenvalue weighted by Crippen LogP contribution is 2.43. The van der Waals surface area contributed by atoms with E-state index in [9.17, 15) is 22.8 Å². The van der Waals surface area contributed by atoms with Crippen molar-refractivity contribution in [3.05, 3.63) is 23.9 Å². The van der Waals surface area contributed by atoms with Crippen molar-refractivity contribution in [3.8, 4) is 0 Å². The molecule has 0 aromatic carbocycles. The molecule has 0 bridgehead atoms. The molecule has 1 unspecified atom stereocenters. The van der Waals surface area contributed by atoms with E-state index in [0.29, 0.717) is 56.0 Å². The Balaban J connectivity index is 1.61. The normalized spacial score (nSPS) is 21.4. The lowest BCUT2D eigenvalue weighted by Crippen LogP contribution is -2.59. The maximum absolute atomic E-state index is 13.6. The second-order valence-electron chi connectivity index (χ2n) is 11.2. The summed E-state index contributed by atoms with van der Waals surface area (Å²) in [6.07, 6.45) is -1.09. The van der Waals surface area contributed by atoms with Gasteiger partial charge in [-0.25, -0.2) is 4.98 Å². The lowest BCUT2D eigenvalue weighted by molar-refractivity contribution is -0.177. The number of hydrogen-bond donors (Lipinski definition) is 2. The van der Waals surface area contributed by atoms with Crippen molar-refractivity contribution in [2.24, 2.45) is 17.3 Å². The molecule has 204 valence electrons. The number of fused-ring (bicyclic) bond motifs is 1. The molecule has 37 heavy (non-hydrogen) atoms. The van der Waals surface area contributed by atoms with Gasteiger partial charge in [-0.1, -0.05) is 20.4 Å². The fraction of sp³-hybridized carbons (Fsp3) is 0.692. The zero-order chi connectivity index (χ0) is 27.0. The molecule has 11 heteroatoms. The molecule has 1 spiro atoms. The van der Waals surface area contributed by atoms with Crippen molar-refractivity contribution in [2.45, 2.75) is 64.6 Å². The Morgan fingerprint density at radius 1 is 1.24 bits per heavy atom. The average Bonchev–Trinajstić information content (AvgIpc) is 3.27. The summed E-state index contributed by atoms with van der Waals surface area (Å²) in [5.41, 5.74) is 1.09. The molecule has 2 N–H and O–H groups in total. The first-order chi connectivity index (χ1) is 17.4. The Bertz CT molecular complexity index is 1040. The predicted octanol–water partition coefficient (Wildman–Crippen LogP) is 3.33.